The van der Waals surface area contributed by atoms with E-state index in [2.05, 4.69) is 21.0 Å². The van der Waals surface area contributed by atoms with Crippen LogP contribution >= 0.6 is 15.9 Å². The molecule has 2 heterocycles. The first-order chi connectivity index (χ1) is 7.99. The number of aromatic nitrogens is 2. The Balaban J connectivity index is 2.21. The highest BCUT2D eigenvalue weighted by Crippen LogP contribution is 2.25. The van der Waals surface area contributed by atoms with Crippen LogP contribution in [0.4, 0.5) is 0 Å². The average Bonchev–Trinajstić information content (AvgIpc) is 2.79. The largest absolute Gasteiger partial charge is 0.469 e. The van der Waals surface area contributed by atoms with Gasteiger partial charge in [0.2, 0.25) is 0 Å². The fourth-order valence-electron chi connectivity index (χ4n) is 1.89. The quantitative estimate of drug-likeness (QED) is 0.947. The molecule has 0 radical (unpaired) electrons. The molecule has 0 bridgehead atoms. The summed E-state index contributed by atoms with van der Waals surface area (Å²) < 4.78 is 8.18. The Hall–Kier alpha value is -1.07. The van der Waals surface area contributed by atoms with Crippen molar-refractivity contribution in [3.05, 3.63) is 39.5 Å². The van der Waals surface area contributed by atoms with Crippen LogP contribution in [0.25, 0.3) is 0 Å². The van der Waals surface area contributed by atoms with Crippen molar-refractivity contribution in [2.24, 2.45) is 12.8 Å². The van der Waals surface area contributed by atoms with Crippen LogP contribution in [0.2, 0.25) is 0 Å². The molecule has 0 aliphatic rings. The summed E-state index contributed by atoms with van der Waals surface area (Å²) in [7, 11) is 1.93. The van der Waals surface area contributed by atoms with E-state index in [0.717, 1.165) is 33.6 Å². The molecule has 0 aromatic carbocycles. The second-order valence-electron chi connectivity index (χ2n) is 4.27. The van der Waals surface area contributed by atoms with Crippen LogP contribution in [0, 0.1) is 13.8 Å². The van der Waals surface area contributed by atoms with E-state index in [1.165, 1.54) is 0 Å². The summed E-state index contributed by atoms with van der Waals surface area (Å²) in [6, 6.07) is 1.90. The lowest BCUT2D eigenvalue weighted by molar-refractivity contribution is 0.527. The summed E-state index contributed by atoms with van der Waals surface area (Å²) in [6.07, 6.45) is 2.45. The average molecular weight is 298 g/mol. The molecule has 0 saturated heterocycles. The highest BCUT2D eigenvalue weighted by Gasteiger charge is 2.16. The third-order valence-corrected chi connectivity index (χ3v) is 3.89. The maximum atomic E-state index is 6.17. The maximum Gasteiger partial charge on any atom is 0.101 e. The van der Waals surface area contributed by atoms with E-state index >= 15 is 0 Å². The number of halogens is 1. The predicted octanol–water partition coefficient (Wildman–Crippen LogP) is 2.63. The van der Waals surface area contributed by atoms with Gasteiger partial charge in [-0.2, -0.15) is 5.10 Å². The second kappa shape index (κ2) is 4.66. The molecule has 4 nitrogen and oxygen atoms in total. The van der Waals surface area contributed by atoms with E-state index in [1.807, 2.05) is 31.6 Å². The second-order valence-corrected chi connectivity index (χ2v) is 5.06. The van der Waals surface area contributed by atoms with Gasteiger partial charge in [0, 0.05) is 25.1 Å². The van der Waals surface area contributed by atoms with E-state index in [1.54, 1.807) is 6.26 Å². The normalized spacial score (nSPS) is 13.0. The SMILES string of the molecule is Cc1cc(C(N)Cc2c(Br)c(C)nn2C)co1. The lowest BCUT2D eigenvalue weighted by atomic mass is 10.1. The van der Waals surface area contributed by atoms with Gasteiger partial charge in [-0.25, -0.2) is 0 Å². The standard InChI is InChI=1S/C12H16BrN3O/c1-7-4-9(6-17-7)10(14)5-11-12(13)8(2)15-16(11)3/h4,6,10H,5,14H2,1-3H3. The molecule has 2 aromatic heterocycles. The van der Waals surface area contributed by atoms with Crippen molar-refractivity contribution in [2.45, 2.75) is 26.3 Å². The number of furan rings is 1. The fraction of sp³-hybridized carbons (Fsp3) is 0.417. The zero-order valence-electron chi connectivity index (χ0n) is 10.2. The van der Waals surface area contributed by atoms with Crippen molar-refractivity contribution in [3.8, 4) is 0 Å². The lowest BCUT2D eigenvalue weighted by Crippen LogP contribution is -2.15. The van der Waals surface area contributed by atoms with E-state index in [9.17, 15) is 0 Å². The highest BCUT2D eigenvalue weighted by molar-refractivity contribution is 9.10. The number of hydrogen-bond acceptors (Lipinski definition) is 3. The molecule has 0 aliphatic carbocycles. The molecule has 1 atom stereocenters. The van der Waals surface area contributed by atoms with Gasteiger partial charge in [-0.15, -0.1) is 0 Å². The Bertz CT molecular complexity index is 530. The van der Waals surface area contributed by atoms with Crippen molar-refractivity contribution >= 4 is 15.9 Å². The smallest absolute Gasteiger partial charge is 0.101 e. The van der Waals surface area contributed by atoms with E-state index in [0.29, 0.717) is 0 Å². The third kappa shape index (κ3) is 2.45. The van der Waals surface area contributed by atoms with Gasteiger partial charge in [-0.1, -0.05) is 0 Å². The lowest BCUT2D eigenvalue weighted by Gasteiger charge is -2.10. The molecule has 0 fully saturated rings. The molecule has 17 heavy (non-hydrogen) atoms. The highest BCUT2D eigenvalue weighted by atomic mass is 79.9. The molecule has 1 unspecified atom stereocenters. The van der Waals surface area contributed by atoms with E-state index in [-0.39, 0.29) is 6.04 Å². The third-order valence-electron chi connectivity index (χ3n) is 2.85. The minimum absolute atomic E-state index is 0.0708. The number of aryl methyl sites for hydroxylation is 3. The Kier molecular flexibility index (Phi) is 3.40. The van der Waals surface area contributed by atoms with Gasteiger partial charge in [0.15, 0.2) is 0 Å². The Morgan fingerprint density at radius 2 is 2.24 bits per heavy atom. The van der Waals surface area contributed by atoms with Crippen LogP contribution in [0.1, 0.15) is 28.8 Å². The van der Waals surface area contributed by atoms with E-state index < -0.39 is 0 Å². The monoisotopic (exact) mass is 297 g/mol. The molecular weight excluding hydrogens is 282 g/mol. The van der Waals surface area contributed by atoms with Crippen LogP contribution in [0.3, 0.4) is 0 Å². The Morgan fingerprint density at radius 3 is 2.71 bits per heavy atom. The van der Waals surface area contributed by atoms with Crippen LogP contribution in [-0.2, 0) is 13.5 Å². The van der Waals surface area contributed by atoms with Crippen LogP contribution in [0.5, 0.6) is 0 Å². The number of rotatable bonds is 3. The van der Waals surface area contributed by atoms with Crippen LogP contribution < -0.4 is 5.73 Å². The van der Waals surface area contributed by atoms with Gasteiger partial charge in [-0.3, -0.25) is 4.68 Å². The molecule has 0 amide bonds. The molecule has 5 heteroatoms. The van der Waals surface area contributed by atoms with Crippen LogP contribution in [0.15, 0.2) is 21.2 Å². The minimum Gasteiger partial charge on any atom is -0.469 e. The molecule has 2 N–H and O–H groups in total. The predicted molar refractivity (Wildman–Crippen MR) is 69.7 cm³/mol. The number of nitrogens with two attached hydrogens (primary N) is 1. The van der Waals surface area contributed by atoms with Gasteiger partial charge in [0.1, 0.15) is 5.76 Å². The van der Waals surface area contributed by atoms with Gasteiger partial charge in [-0.05, 0) is 35.8 Å². The number of hydrogen-bond donors (Lipinski definition) is 1. The van der Waals surface area contributed by atoms with Crippen molar-refractivity contribution < 1.29 is 4.42 Å². The fourth-order valence-corrected chi connectivity index (χ4v) is 2.38. The van der Waals surface area contributed by atoms with Crippen molar-refractivity contribution in [1.29, 1.82) is 0 Å². The first-order valence-corrected chi connectivity index (χ1v) is 6.27. The van der Waals surface area contributed by atoms with E-state index in [4.69, 9.17) is 10.2 Å². The first-order valence-electron chi connectivity index (χ1n) is 5.47. The Morgan fingerprint density at radius 1 is 1.53 bits per heavy atom. The molecule has 0 saturated carbocycles. The summed E-state index contributed by atoms with van der Waals surface area (Å²) in [6.45, 7) is 3.89. The maximum absolute atomic E-state index is 6.17. The minimum atomic E-state index is -0.0708. The van der Waals surface area contributed by atoms with Gasteiger partial charge < -0.3 is 10.2 Å². The van der Waals surface area contributed by atoms with Crippen molar-refractivity contribution in [2.75, 3.05) is 0 Å². The van der Waals surface area contributed by atoms with Crippen LogP contribution in [-0.4, -0.2) is 9.78 Å². The molecular formula is C12H16BrN3O. The summed E-state index contributed by atoms with van der Waals surface area (Å²) in [5.41, 5.74) is 9.28. The van der Waals surface area contributed by atoms with Gasteiger partial charge in [0.25, 0.3) is 0 Å². The van der Waals surface area contributed by atoms with Crippen molar-refractivity contribution in [3.63, 3.8) is 0 Å². The molecule has 92 valence electrons. The first kappa shape index (κ1) is 12.4. The zero-order valence-corrected chi connectivity index (χ0v) is 11.8. The molecule has 2 rings (SSSR count). The zero-order chi connectivity index (χ0) is 12.6. The van der Waals surface area contributed by atoms with Crippen molar-refractivity contribution in [1.82, 2.24) is 9.78 Å². The molecule has 2 aromatic rings. The summed E-state index contributed by atoms with van der Waals surface area (Å²) >= 11 is 3.54. The molecule has 0 aliphatic heterocycles. The Labute approximate surface area is 109 Å². The summed E-state index contributed by atoms with van der Waals surface area (Å²) in [5, 5.41) is 4.35. The van der Waals surface area contributed by atoms with Gasteiger partial charge >= 0.3 is 0 Å². The molecule has 0 spiro atoms. The van der Waals surface area contributed by atoms with Gasteiger partial charge in [0.05, 0.1) is 22.1 Å². The topological polar surface area (TPSA) is 57.0 Å². The number of nitrogens with zero attached hydrogens (tertiary/aromatic N) is 2. The summed E-state index contributed by atoms with van der Waals surface area (Å²) in [5.74, 6) is 0.885. The summed E-state index contributed by atoms with van der Waals surface area (Å²) in [4.78, 5) is 0.